The number of β-amino-alcohol motifs (C(OH)–C–C–N with tert-alkyl or cyclic N) is 1. The molecule has 0 amide bonds. The summed E-state index contributed by atoms with van der Waals surface area (Å²) in [6.45, 7) is 12.8. The molecule has 0 radical (unpaired) electrons. The minimum absolute atomic E-state index is 0.202. The van der Waals surface area contributed by atoms with Gasteiger partial charge in [-0.3, -0.25) is 0 Å². The first-order valence-electron chi connectivity index (χ1n) is 13.8. The zero-order valence-corrected chi connectivity index (χ0v) is 24.7. The highest BCUT2D eigenvalue weighted by Gasteiger charge is 2.20. The van der Waals surface area contributed by atoms with Crippen LogP contribution in [0.3, 0.4) is 0 Å². The lowest BCUT2D eigenvalue weighted by Crippen LogP contribution is -2.46. The highest BCUT2D eigenvalue weighted by molar-refractivity contribution is 5.89. The van der Waals surface area contributed by atoms with E-state index in [-0.39, 0.29) is 12.1 Å². The molecule has 0 aliphatic carbocycles. The summed E-state index contributed by atoms with van der Waals surface area (Å²) < 4.78 is 16.3. The van der Waals surface area contributed by atoms with Crippen molar-refractivity contribution in [3.63, 3.8) is 0 Å². The monoisotopic (exact) mass is 549 g/mol. The summed E-state index contributed by atoms with van der Waals surface area (Å²) in [6, 6.07) is 18.8. The minimum Gasteiger partial charge on any atom is -0.490 e. The van der Waals surface area contributed by atoms with Crippen LogP contribution in [0.4, 0.5) is 0 Å². The number of pyridine rings is 1. The Labute approximate surface area is 237 Å². The van der Waals surface area contributed by atoms with Crippen LogP contribution in [0.25, 0.3) is 10.9 Å². The van der Waals surface area contributed by atoms with Gasteiger partial charge in [0, 0.05) is 41.4 Å². The van der Waals surface area contributed by atoms with Gasteiger partial charge in [0.2, 0.25) is 5.88 Å². The predicted molar refractivity (Wildman–Crippen MR) is 160 cm³/mol. The fourth-order valence-corrected chi connectivity index (χ4v) is 3.87. The van der Waals surface area contributed by atoms with Crippen LogP contribution in [0.1, 0.15) is 57.5 Å². The molecule has 8 nitrogen and oxygen atoms in total. The van der Waals surface area contributed by atoms with Crippen molar-refractivity contribution in [2.75, 3.05) is 20.3 Å². The maximum absolute atomic E-state index is 11.5. The summed E-state index contributed by atoms with van der Waals surface area (Å²) in [5, 5.41) is 14.9. The number of H-pyrrole nitrogens is 1. The van der Waals surface area contributed by atoms with E-state index in [1.165, 1.54) is 13.3 Å². The van der Waals surface area contributed by atoms with E-state index in [1.54, 1.807) is 12.1 Å². The third kappa shape index (κ3) is 9.70. The highest BCUT2D eigenvalue weighted by atomic mass is 16.5. The van der Waals surface area contributed by atoms with Crippen LogP contribution in [0, 0.1) is 0 Å². The number of nitrogens with one attached hydrogen (secondary N) is 2. The number of aromatic nitrogens is 2. The largest absolute Gasteiger partial charge is 0.490 e. The number of aliphatic hydroxyl groups is 1. The maximum atomic E-state index is 11.5. The van der Waals surface area contributed by atoms with Gasteiger partial charge in [0.15, 0.2) is 0 Å². The summed E-state index contributed by atoms with van der Waals surface area (Å²) >= 11 is 0. The zero-order chi connectivity index (χ0) is 29.5. The molecule has 8 heteroatoms. The summed E-state index contributed by atoms with van der Waals surface area (Å²) in [5.41, 5.74) is 2.25. The third-order valence-corrected chi connectivity index (χ3v) is 5.75. The van der Waals surface area contributed by atoms with Gasteiger partial charge in [-0.05, 0) is 62.2 Å². The van der Waals surface area contributed by atoms with Crippen molar-refractivity contribution < 1.29 is 24.1 Å². The van der Waals surface area contributed by atoms with E-state index >= 15 is 0 Å². The average Bonchev–Trinajstić information content (AvgIpc) is 3.48. The van der Waals surface area contributed by atoms with Crippen LogP contribution in [0.2, 0.25) is 0 Å². The molecule has 0 aliphatic heterocycles. The quantitative estimate of drug-likeness (QED) is 0.182. The van der Waals surface area contributed by atoms with Crippen LogP contribution in [-0.4, -0.2) is 52.9 Å². The Balaban J connectivity index is 0.00000134. The fraction of sp³-hybridized carbons (Fsp3) is 0.375. The van der Waals surface area contributed by atoms with E-state index in [1.807, 2.05) is 82.4 Å². The number of aliphatic hydroxyl groups excluding tert-OH is 1. The second-order valence-corrected chi connectivity index (χ2v) is 9.22. The molecule has 0 saturated heterocycles. The van der Waals surface area contributed by atoms with Crippen molar-refractivity contribution in [1.82, 2.24) is 15.3 Å². The normalized spacial score (nSPS) is 11.4. The topological polar surface area (TPSA) is 106 Å². The Morgan fingerprint density at radius 2 is 1.75 bits per heavy atom. The van der Waals surface area contributed by atoms with Crippen molar-refractivity contribution in [2.24, 2.45) is 0 Å². The summed E-state index contributed by atoms with van der Waals surface area (Å²) in [7, 11) is 1.33. The van der Waals surface area contributed by atoms with Crippen LogP contribution in [-0.2, 0) is 11.2 Å². The molecule has 1 atom stereocenters. The molecule has 2 aromatic carbocycles. The Morgan fingerprint density at radius 3 is 2.40 bits per heavy atom. The van der Waals surface area contributed by atoms with Gasteiger partial charge in [-0.15, -0.1) is 0 Å². The molecule has 0 spiro atoms. The molecular formula is C32H43N3O5. The molecule has 3 N–H and O–H groups in total. The highest BCUT2D eigenvalue weighted by Crippen LogP contribution is 2.25. The van der Waals surface area contributed by atoms with Crippen LogP contribution < -0.4 is 14.8 Å². The molecule has 2 aromatic heterocycles. The summed E-state index contributed by atoms with van der Waals surface area (Å²) in [4.78, 5) is 18.8. The molecule has 4 rings (SSSR count). The van der Waals surface area contributed by atoms with E-state index < -0.39 is 12.1 Å². The number of rotatable bonds is 11. The van der Waals surface area contributed by atoms with E-state index in [0.29, 0.717) is 23.7 Å². The predicted octanol–water partition coefficient (Wildman–Crippen LogP) is 6.54. The van der Waals surface area contributed by atoms with Gasteiger partial charge in [-0.25, -0.2) is 9.78 Å². The standard InChI is InChI=1S/C28H31N3O5.2C2H6/c1-28(2,31-17-21(32)18-35-25-6-4-5-24-23(25)13-14-29-24)15-19-7-10-22(11-8-19)36-26-12-9-20(16-30-26)27(33)34-3;2*1-2/h4-14,16,21,29,31-32H,15,17-18H2,1-3H3;2*1-2H3. The van der Waals surface area contributed by atoms with Crippen LogP contribution in [0.5, 0.6) is 17.4 Å². The molecule has 4 aromatic rings. The minimum atomic E-state index is -0.646. The molecule has 0 fully saturated rings. The lowest BCUT2D eigenvalue weighted by Gasteiger charge is -2.28. The Bertz CT molecular complexity index is 1280. The van der Waals surface area contributed by atoms with E-state index in [2.05, 4.69) is 33.9 Å². The second-order valence-electron chi connectivity index (χ2n) is 9.22. The van der Waals surface area contributed by atoms with Crippen molar-refractivity contribution in [1.29, 1.82) is 0 Å². The molecule has 0 saturated carbocycles. The van der Waals surface area contributed by atoms with Gasteiger partial charge < -0.3 is 29.6 Å². The second kappa shape index (κ2) is 16.3. The number of nitrogens with zero attached hydrogens (tertiary/aromatic N) is 1. The number of benzene rings is 2. The van der Waals surface area contributed by atoms with Gasteiger partial charge in [-0.1, -0.05) is 45.9 Å². The van der Waals surface area contributed by atoms with Crippen LogP contribution >= 0.6 is 0 Å². The van der Waals surface area contributed by atoms with Gasteiger partial charge in [-0.2, -0.15) is 0 Å². The van der Waals surface area contributed by atoms with Gasteiger partial charge >= 0.3 is 5.97 Å². The lowest BCUT2D eigenvalue weighted by molar-refractivity contribution is 0.0600. The zero-order valence-electron chi connectivity index (χ0n) is 24.7. The molecule has 1 unspecified atom stereocenters. The Morgan fingerprint density at radius 1 is 1.02 bits per heavy atom. The first-order valence-corrected chi connectivity index (χ1v) is 13.8. The van der Waals surface area contributed by atoms with Crippen molar-refractivity contribution in [2.45, 2.75) is 59.6 Å². The van der Waals surface area contributed by atoms with Gasteiger partial charge in [0.05, 0.1) is 12.7 Å². The number of fused-ring (bicyclic) bond motifs is 1. The molecule has 0 bridgehead atoms. The first-order chi connectivity index (χ1) is 19.3. The number of esters is 1. The summed E-state index contributed by atoms with van der Waals surface area (Å²) in [5.74, 6) is 1.35. The number of hydrogen-bond donors (Lipinski definition) is 3. The van der Waals surface area contributed by atoms with E-state index in [4.69, 9.17) is 9.47 Å². The molecule has 0 aliphatic rings. The van der Waals surface area contributed by atoms with Gasteiger partial charge in [0.1, 0.15) is 24.2 Å². The lowest BCUT2D eigenvalue weighted by atomic mass is 9.94. The smallest absolute Gasteiger partial charge is 0.339 e. The maximum Gasteiger partial charge on any atom is 0.339 e. The van der Waals surface area contributed by atoms with Crippen molar-refractivity contribution in [3.05, 3.63) is 84.2 Å². The van der Waals surface area contributed by atoms with Crippen molar-refractivity contribution in [3.8, 4) is 17.4 Å². The number of ether oxygens (including phenoxy) is 3. The third-order valence-electron chi connectivity index (χ3n) is 5.75. The van der Waals surface area contributed by atoms with Crippen LogP contribution in [0.15, 0.2) is 73.1 Å². The fourth-order valence-electron chi connectivity index (χ4n) is 3.87. The summed E-state index contributed by atoms with van der Waals surface area (Å²) in [6.07, 6.45) is 3.41. The van der Waals surface area contributed by atoms with E-state index in [9.17, 15) is 9.90 Å². The number of carbonyl (C=O) groups excluding carboxylic acids is 1. The first kappa shape index (κ1) is 32.3. The van der Waals surface area contributed by atoms with Crippen molar-refractivity contribution >= 4 is 16.9 Å². The number of aromatic amines is 1. The van der Waals surface area contributed by atoms with E-state index in [0.717, 1.165) is 28.6 Å². The number of hydrogen-bond acceptors (Lipinski definition) is 7. The molecule has 40 heavy (non-hydrogen) atoms. The Hall–Kier alpha value is -3.88. The molecule has 2 heterocycles. The molecular weight excluding hydrogens is 506 g/mol. The van der Waals surface area contributed by atoms with Gasteiger partial charge in [0.25, 0.3) is 0 Å². The molecule has 216 valence electrons. The number of methoxy groups -OCH3 is 1. The Kier molecular flexibility index (Phi) is 13.2. The average molecular weight is 550 g/mol. The SMILES string of the molecule is CC.CC.COC(=O)c1ccc(Oc2ccc(CC(C)(C)NCC(O)COc3cccc4[nH]ccc34)cc2)nc1. The number of carbonyl (C=O) groups is 1.